The van der Waals surface area contributed by atoms with Gasteiger partial charge in [-0.05, 0) is 48.9 Å². The maximum Gasteiger partial charge on any atom is 0.126 e. The van der Waals surface area contributed by atoms with Gasteiger partial charge in [0.25, 0.3) is 0 Å². The van der Waals surface area contributed by atoms with Crippen LogP contribution in [0.3, 0.4) is 0 Å². The quantitative estimate of drug-likeness (QED) is 0.568. The van der Waals surface area contributed by atoms with Crippen molar-refractivity contribution in [1.29, 1.82) is 0 Å². The molecule has 1 aliphatic heterocycles. The van der Waals surface area contributed by atoms with Crippen molar-refractivity contribution in [2.24, 2.45) is 0 Å². The van der Waals surface area contributed by atoms with E-state index < -0.39 is 0 Å². The molecule has 0 bridgehead atoms. The summed E-state index contributed by atoms with van der Waals surface area (Å²) in [5.74, 6) is 1.11. The van der Waals surface area contributed by atoms with Gasteiger partial charge in [0.05, 0.1) is 12.0 Å². The van der Waals surface area contributed by atoms with Crippen molar-refractivity contribution in [2.45, 2.75) is 37.5 Å². The molecular weight excluding hydrogens is 312 g/mol. The second-order valence-electron chi connectivity index (χ2n) is 5.06. The number of alkyl halides is 1. The number of hydrogen-bond acceptors (Lipinski definition) is 1. The molecule has 0 amide bonds. The van der Waals surface area contributed by atoms with Crippen LogP contribution >= 0.6 is 27.5 Å². The lowest BCUT2D eigenvalue weighted by molar-refractivity contribution is 0.353. The molecule has 0 radical (unpaired) electrons. The maximum absolute atomic E-state index is 6.21. The minimum atomic E-state index is 0.217. The summed E-state index contributed by atoms with van der Waals surface area (Å²) in [4.78, 5) is 0. The molecule has 0 saturated heterocycles. The van der Waals surface area contributed by atoms with E-state index in [9.17, 15) is 0 Å². The summed E-state index contributed by atoms with van der Waals surface area (Å²) in [6.45, 7) is 0.815. The molecule has 1 aromatic carbocycles. The van der Waals surface area contributed by atoms with Crippen molar-refractivity contribution >= 4 is 27.5 Å². The van der Waals surface area contributed by atoms with E-state index in [2.05, 4.69) is 34.1 Å². The molecule has 1 unspecified atom stereocenters. The topological polar surface area (TPSA) is 9.23 Å². The summed E-state index contributed by atoms with van der Waals surface area (Å²) in [6.07, 6.45) is 7.72. The van der Waals surface area contributed by atoms with E-state index in [4.69, 9.17) is 16.3 Å². The van der Waals surface area contributed by atoms with Gasteiger partial charge in [0.2, 0.25) is 0 Å². The summed E-state index contributed by atoms with van der Waals surface area (Å²) < 4.78 is 6.93. The monoisotopic (exact) mass is 326 g/mol. The fraction of sp³-hybridized carbons (Fsp3) is 0.467. The molecular formula is C15H16BrClO. The van der Waals surface area contributed by atoms with Gasteiger partial charge < -0.3 is 4.74 Å². The standard InChI is InChI=1S/C15H16BrClO/c16-13-8-11-4-5-18-15(11)12(9-13)6-10-2-1-3-14(17)7-10/h7-9,14H,1-6H2. The van der Waals surface area contributed by atoms with Gasteiger partial charge in [-0.25, -0.2) is 0 Å². The molecule has 18 heavy (non-hydrogen) atoms. The minimum Gasteiger partial charge on any atom is -0.493 e. The molecule has 2 aliphatic rings. The number of allylic oxidation sites excluding steroid dienone is 2. The Kier molecular flexibility index (Phi) is 3.67. The predicted octanol–water partition coefficient (Wildman–Crippen LogP) is 4.64. The SMILES string of the molecule is ClC1C=C(Cc2cc(Br)cc3c2OCC3)CCC1. The smallest absolute Gasteiger partial charge is 0.126 e. The zero-order valence-corrected chi connectivity index (χ0v) is 12.6. The van der Waals surface area contributed by atoms with Gasteiger partial charge in [0.15, 0.2) is 0 Å². The number of halogens is 2. The third-order valence-corrected chi connectivity index (χ3v) is 4.44. The van der Waals surface area contributed by atoms with Crippen LogP contribution in [-0.2, 0) is 12.8 Å². The Morgan fingerprint density at radius 3 is 3.06 bits per heavy atom. The van der Waals surface area contributed by atoms with E-state index in [1.54, 1.807) is 0 Å². The van der Waals surface area contributed by atoms with Gasteiger partial charge in [-0.3, -0.25) is 0 Å². The van der Waals surface area contributed by atoms with Crippen molar-refractivity contribution in [3.63, 3.8) is 0 Å². The molecule has 3 rings (SSSR count). The summed E-state index contributed by atoms with van der Waals surface area (Å²) >= 11 is 9.80. The number of fused-ring (bicyclic) bond motifs is 1. The van der Waals surface area contributed by atoms with Crippen molar-refractivity contribution in [1.82, 2.24) is 0 Å². The first-order valence-electron chi connectivity index (χ1n) is 6.50. The van der Waals surface area contributed by atoms with Crippen LogP contribution in [0, 0.1) is 0 Å². The molecule has 0 N–H and O–H groups in total. The molecule has 1 atom stereocenters. The van der Waals surface area contributed by atoms with Crippen LogP contribution in [0.1, 0.15) is 30.4 Å². The molecule has 0 aromatic heterocycles. The number of benzene rings is 1. The van der Waals surface area contributed by atoms with Crippen molar-refractivity contribution in [3.05, 3.63) is 39.4 Å². The van der Waals surface area contributed by atoms with E-state index in [0.717, 1.165) is 36.1 Å². The Balaban J connectivity index is 1.89. The van der Waals surface area contributed by atoms with Crippen molar-refractivity contribution in [3.8, 4) is 5.75 Å². The van der Waals surface area contributed by atoms with Crippen molar-refractivity contribution in [2.75, 3.05) is 6.61 Å². The van der Waals surface area contributed by atoms with E-state index >= 15 is 0 Å². The molecule has 1 aromatic rings. The van der Waals surface area contributed by atoms with Crippen molar-refractivity contribution < 1.29 is 4.74 Å². The molecule has 1 aliphatic carbocycles. The Labute approximate surface area is 121 Å². The minimum absolute atomic E-state index is 0.217. The van der Waals surface area contributed by atoms with Crippen LogP contribution < -0.4 is 4.74 Å². The first-order valence-corrected chi connectivity index (χ1v) is 7.73. The Morgan fingerprint density at radius 2 is 2.22 bits per heavy atom. The van der Waals surface area contributed by atoms with Crippen LogP contribution in [0.4, 0.5) is 0 Å². The summed E-state index contributed by atoms with van der Waals surface area (Å²) in [6, 6.07) is 4.36. The van der Waals surface area contributed by atoms with Gasteiger partial charge in [-0.1, -0.05) is 27.6 Å². The highest BCUT2D eigenvalue weighted by molar-refractivity contribution is 9.10. The normalized spacial score (nSPS) is 22.3. The molecule has 0 fully saturated rings. The lowest BCUT2D eigenvalue weighted by atomic mass is 9.93. The first-order chi connectivity index (χ1) is 8.72. The summed E-state index contributed by atoms with van der Waals surface area (Å²) in [5.41, 5.74) is 4.09. The third-order valence-electron chi connectivity index (χ3n) is 3.64. The molecule has 0 saturated carbocycles. The van der Waals surface area contributed by atoms with E-state index in [1.165, 1.54) is 29.5 Å². The zero-order chi connectivity index (χ0) is 12.5. The highest BCUT2D eigenvalue weighted by Crippen LogP contribution is 2.35. The highest BCUT2D eigenvalue weighted by Gasteiger charge is 2.19. The van der Waals surface area contributed by atoms with Gasteiger partial charge in [0, 0.05) is 10.9 Å². The van der Waals surface area contributed by atoms with E-state index in [0.29, 0.717) is 0 Å². The second-order valence-corrected chi connectivity index (χ2v) is 6.54. The van der Waals surface area contributed by atoms with Crippen LogP contribution in [0.25, 0.3) is 0 Å². The number of hydrogen-bond donors (Lipinski definition) is 0. The average Bonchev–Trinajstić information content (AvgIpc) is 2.77. The molecule has 96 valence electrons. The Hall–Kier alpha value is -0.470. The van der Waals surface area contributed by atoms with Gasteiger partial charge in [-0.15, -0.1) is 11.6 Å². The number of rotatable bonds is 2. The summed E-state index contributed by atoms with van der Waals surface area (Å²) in [5, 5.41) is 0.217. The molecule has 1 heterocycles. The Morgan fingerprint density at radius 1 is 1.33 bits per heavy atom. The number of ether oxygens (including phenoxy) is 1. The van der Waals surface area contributed by atoms with Gasteiger partial charge >= 0.3 is 0 Å². The van der Waals surface area contributed by atoms with Crippen LogP contribution in [0.2, 0.25) is 0 Å². The molecule has 0 spiro atoms. The predicted molar refractivity (Wildman–Crippen MR) is 78.6 cm³/mol. The summed E-state index contributed by atoms with van der Waals surface area (Å²) in [7, 11) is 0. The van der Waals surface area contributed by atoms with Crippen LogP contribution in [0.15, 0.2) is 28.3 Å². The first kappa shape index (κ1) is 12.6. The molecule has 1 nitrogen and oxygen atoms in total. The second kappa shape index (κ2) is 5.26. The average molecular weight is 328 g/mol. The fourth-order valence-corrected chi connectivity index (χ4v) is 3.70. The third kappa shape index (κ3) is 2.60. The molecule has 3 heteroatoms. The van der Waals surface area contributed by atoms with Crippen LogP contribution in [-0.4, -0.2) is 12.0 Å². The fourth-order valence-electron chi connectivity index (χ4n) is 2.82. The largest absolute Gasteiger partial charge is 0.493 e. The lowest BCUT2D eigenvalue weighted by Crippen LogP contribution is -2.05. The van der Waals surface area contributed by atoms with E-state index in [1.807, 2.05) is 0 Å². The van der Waals surface area contributed by atoms with Crippen LogP contribution in [0.5, 0.6) is 5.75 Å². The Bertz CT molecular complexity index is 496. The zero-order valence-electron chi connectivity index (χ0n) is 10.2. The van der Waals surface area contributed by atoms with Gasteiger partial charge in [0.1, 0.15) is 5.75 Å². The maximum atomic E-state index is 6.21. The highest BCUT2D eigenvalue weighted by atomic mass is 79.9. The van der Waals surface area contributed by atoms with E-state index in [-0.39, 0.29) is 5.38 Å². The lowest BCUT2D eigenvalue weighted by Gasteiger charge is -2.18. The van der Waals surface area contributed by atoms with Gasteiger partial charge in [-0.2, -0.15) is 0 Å².